The van der Waals surface area contributed by atoms with Crippen LogP contribution < -0.4 is 10.6 Å². The van der Waals surface area contributed by atoms with Crippen LogP contribution in [0, 0.1) is 0 Å². The number of carbonyl (C=O) groups excluding carboxylic acids is 4. The van der Waals surface area contributed by atoms with Crippen molar-refractivity contribution in [3.63, 3.8) is 0 Å². The van der Waals surface area contributed by atoms with Gasteiger partial charge in [0.1, 0.15) is 0 Å². The molecule has 0 aromatic heterocycles. The Hall–Kier alpha value is -2.90. The molecule has 5 amide bonds. The zero-order valence-corrected chi connectivity index (χ0v) is 14.4. The summed E-state index contributed by atoms with van der Waals surface area (Å²) in [5.41, 5.74) is 0.821. The maximum absolute atomic E-state index is 12.2. The number of carbonyl (C=O) groups is 4. The van der Waals surface area contributed by atoms with Crippen LogP contribution in [-0.4, -0.2) is 67.3 Å². The molecule has 0 radical (unpaired) electrons. The Bertz CT molecular complexity index is 652. The molecule has 0 fully saturated rings. The highest BCUT2D eigenvalue weighted by Crippen LogP contribution is 2.22. The molecule has 1 heterocycles. The van der Waals surface area contributed by atoms with Gasteiger partial charge in [-0.15, -0.1) is 0 Å². The lowest BCUT2D eigenvalue weighted by molar-refractivity contribution is -0.121. The van der Waals surface area contributed by atoms with Gasteiger partial charge in [-0.25, -0.2) is 4.79 Å². The molecule has 1 aromatic rings. The Labute approximate surface area is 146 Å². The van der Waals surface area contributed by atoms with E-state index in [1.165, 1.54) is 9.80 Å². The van der Waals surface area contributed by atoms with Crippen LogP contribution >= 0.6 is 0 Å². The second kappa shape index (κ2) is 8.27. The molecular formula is C17H22N4O4. The molecule has 2 N–H and O–H groups in total. The van der Waals surface area contributed by atoms with Gasteiger partial charge in [0.25, 0.3) is 11.8 Å². The van der Waals surface area contributed by atoms with Crippen molar-refractivity contribution < 1.29 is 19.2 Å². The molecule has 134 valence electrons. The van der Waals surface area contributed by atoms with Crippen LogP contribution in [0.4, 0.5) is 4.79 Å². The first-order valence-electron chi connectivity index (χ1n) is 8.09. The number of amides is 5. The first-order chi connectivity index (χ1) is 11.9. The fraction of sp³-hybridized carbons (Fsp3) is 0.412. The van der Waals surface area contributed by atoms with Crippen molar-refractivity contribution in [3.05, 3.63) is 35.4 Å². The second-order valence-electron chi connectivity index (χ2n) is 5.89. The standard InChI is InChI=1S/C17H22N4O4/c1-20(2)17(25)19-10-9-18-14(22)8-5-11-21-15(23)12-6-3-4-7-13(12)16(21)24/h3-4,6-7H,5,8-11H2,1-2H3,(H,18,22)(H,19,25). The number of nitrogens with one attached hydrogen (secondary N) is 2. The molecule has 1 aliphatic rings. The second-order valence-corrected chi connectivity index (χ2v) is 5.89. The van der Waals surface area contributed by atoms with E-state index in [0.29, 0.717) is 30.6 Å². The smallest absolute Gasteiger partial charge is 0.316 e. The van der Waals surface area contributed by atoms with Crippen molar-refractivity contribution in [2.24, 2.45) is 0 Å². The molecule has 1 aliphatic heterocycles. The lowest BCUT2D eigenvalue weighted by Crippen LogP contribution is -2.39. The number of rotatable bonds is 7. The van der Waals surface area contributed by atoms with Crippen molar-refractivity contribution >= 4 is 23.8 Å². The number of nitrogens with zero attached hydrogens (tertiary/aromatic N) is 2. The van der Waals surface area contributed by atoms with Crippen LogP contribution in [-0.2, 0) is 4.79 Å². The summed E-state index contributed by atoms with van der Waals surface area (Å²) in [6, 6.07) is 6.47. The average molecular weight is 346 g/mol. The first kappa shape index (κ1) is 18.4. The van der Waals surface area contributed by atoms with Gasteiger partial charge in [-0.2, -0.15) is 0 Å². The third-order valence-corrected chi connectivity index (χ3v) is 3.79. The van der Waals surface area contributed by atoms with Gasteiger partial charge in [-0.3, -0.25) is 19.3 Å². The lowest BCUT2D eigenvalue weighted by atomic mass is 10.1. The molecule has 0 bridgehead atoms. The number of benzene rings is 1. The fourth-order valence-electron chi connectivity index (χ4n) is 2.46. The summed E-state index contributed by atoms with van der Waals surface area (Å²) in [6.07, 6.45) is 0.594. The molecule has 0 unspecified atom stereocenters. The summed E-state index contributed by atoms with van der Waals surface area (Å²) < 4.78 is 0. The van der Waals surface area contributed by atoms with Crippen molar-refractivity contribution in [1.82, 2.24) is 20.4 Å². The van der Waals surface area contributed by atoms with Gasteiger partial charge in [-0.1, -0.05) is 12.1 Å². The Kier molecular flexibility index (Phi) is 6.10. The van der Waals surface area contributed by atoms with E-state index in [2.05, 4.69) is 10.6 Å². The van der Waals surface area contributed by atoms with Crippen molar-refractivity contribution in [3.8, 4) is 0 Å². The Morgan fingerprint density at radius 1 is 1.00 bits per heavy atom. The van der Waals surface area contributed by atoms with E-state index in [1.807, 2.05) is 0 Å². The third-order valence-electron chi connectivity index (χ3n) is 3.79. The highest BCUT2D eigenvalue weighted by atomic mass is 16.2. The topological polar surface area (TPSA) is 98.8 Å². The minimum absolute atomic E-state index is 0.185. The zero-order chi connectivity index (χ0) is 18.4. The third kappa shape index (κ3) is 4.56. The minimum atomic E-state index is -0.313. The predicted molar refractivity (Wildman–Crippen MR) is 91.1 cm³/mol. The van der Waals surface area contributed by atoms with E-state index in [-0.39, 0.29) is 36.7 Å². The maximum atomic E-state index is 12.2. The number of urea groups is 1. The summed E-state index contributed by atoms with van der Waals surface area (Å²) in [5.74, 6) is -0.810. The molecule has 25 heavy (non-hydrogen) atoms. The Morgan fingerprint density at radius 3 is 2.12 bits per heavy atom. The van der Waals surface area contributed by atoms with Gasteiger partial charge < -0.3 is 15.5 Å². The Balaban J connectivity index is 1.68. The van der Waals surface area contributed by atoms with Crippen LogP contribution in [0.3, 0.4) is 0 Å². The summed E-state index contributed by atoms with van der Waals surface area (Å²) in [7, 11) is 3.26. The molecule has 0 spiro atoms. The minimum Gasteiger partial charge on any atom is -0.354 e. The van der Waals surface area contributed by atoms with E-state index >= 15 is 0 Å². The highest BCUT2D eigenvalue weighted by Gasteiger charge is 2.34. The van der Waals surface area contributed by atoms with E-state index in [9.17, 15) is 19.2 Å². The van der Waals surface area contributed by atoms with Gasteiger partial charge in [0.2, 0.25) is 5.91 Å². The number of fused-ring (bicyclic) bond motifs is 1. The average Bonchev–Trinajstić information content (AvgIpc) is 2.83. The molecule has 8 heteroatoms. The van der Waals surface area contributed by atoms with Crippen molar-refractivity contribution in [2.45, 2.75) is 12.8 Å². The molecule has 8 nitrogen and oxygen atoms in total. The summed E-state index contributed by atoms with van der Waals surface area (Å²) in [6.45, 7) is 0.865. The zero-order valence-electron chi connectivity index (χ0n) is 14.4. The van der Waals surface area contributed by atoms with E-state index in [4.69, 9.17) is 0 Å². The predicted octanol–water partition coefficient (Wildman–Crippen LogP) is 0.450. The van der Waals surface area contributed by atoms with E-state index in [0.717, 1.165) is 0 Å². The van der Waals surface area contributed by atoms with Crippen molar-refractivity contribution in [1.29, 1.82) is 0 Å². The largest absolute Gasteiger partial charge is 0.354 e. The molecular weight excluding hydrogens is 324 g/mol. The molecule has 1 aromatic carbocycles. The van der Waals surface area contributed by atoms with Crippen LogP contribution in [0.2, 0.25) is 0 Å². The van der Waals surface area contributed by atoms with Crippen LogP contribution in [0.1, 0.15) is 33.6 Å². The Morgan fingerprint density at radius 2 is 1.56 bits per heavy atom. The first-order valence-corrected chi connectivity index (χ1v) is 8.09. The van der Waals surface area contributed by atoms with Gasteiger partial charge >= 0.3 is 6.03 Å². The monoisotopic (exact) mass is 346 g/mol. The highest BCUT2D eigenvalue weighted by molar-refractivity contribution is 6.21. The van der Waals surface area contributed by atoms with Crippen LogP contribution in [0.15, 0.2) is 24.3 Å². The van der Waals surface area contributed by atoms with Gasteiger partial charge in [0, 0.05) is 40.2 Å². The quantitative estimate of drug-likeness (QED) is 0.553. The fourth-order valence-corrected chi connectivity index (χ4v) is 2.46. The lowest BCUT2D eigenvalue weighted by Gasteiger charge is -2.14. The van der Waals surface area contributed by atoms with Crippen molar-refractivity contribution in [2.75, 3.05) is 33.7 Å². The van der Waals surface area contributed by atoms with Gasteiger partial charge in [0.05, 0.1) is 11.1 Å². The molecule has 0 saturated carbocycles. The molecule has 0 aliphatic carbocycles. The number of hydrogen-bond donors (Lipinski definition) is 2. The molecule has 0 atom stereocenters. The molecule has 2 rings (SSSR count). The van der Waals surface area contributed by atoms with E-state index in [1.54, 1.807) is 38.4 Å². The van der Waals surface area contributed by atoms with Crippen LogP contribution in [0.5, 0.6) is 0 Å². The summed E-state index contributed by atoms with van der Waals surface area (Å²) >= 11 is 0. The summed E-state index contributed by atoms with van der Waals surface area (Å²) in [5, 5.41) is 5.32. The number of imide groups is 1. The normalized spacial score (nSPS) is 12.8. The number of hydrogen-bond acceptors (Lipinski definition) is 4. The maximum Gasteiger partial charge on any atom is 0.316 e. The van der Waals surface area contributed by atoms with Crippen LogP contribution in [0.25, 0.3) is 0 Å². The van der Waals surface area contributed by atoms with Gasteiger partial charge in [-0.05, 0) is 18.6 Å². The van der Waals surface area contributed by atoms with E-state index < -0.39 is 0 Å². The van der Waals surface area contributed by atoms with Gasteiger partial charge in [0.15, 0.2) is 0 Å². The summed E-state index contributed by atoms with van der Waals surface area (Å²) in [4.78, 5) is 50.0. The molecule has 0 saturated heterocycles. The SMILES string of the molecule is CN(C)C(=O)NCCNC(=O)CCCN1C(=O)c2ccccc2C1=O.